The van der Waals surface area contributed by atoms with Crippen LogP contribution in [0.1, 0.15) is 24.6 Å². The van der Waals surface area contributed by atoms with E-state index in [0.29, 0.717) is 6.54 Å². The fourth-order valence-electron chi connectivity index (χ4n) is 2.60. The molecule has 22 heavy (non-hydrogen) atoms. The van der Waals surface area contributed by atoms with Crippen molar-refractivity contribution in [3.05, 3.63) is 53.9 Å². The first-order chi connectivity index (χ1) is 10.7. The Bertz CT molecular complexity index is 775. The number of ether oxygens (including phenoxy) is 1. The molecule has 0 spiro atoms. The first-order valence-electron chi connectivity index (χ1n) is 7.64. The van der Waals surface area contributed by atoms with Crippen LogP contribution in [-0.2, 0) is 6.54 Å². The first-order valence-corrected chi connectivity index (χ1v) is 7.64. The molecule has 0 aliphatic rings. The third kappa shape index (κ3) is 2.57. The van der Waals surface area contributed by atoms with Gasteiger partial charge in [-0.1, -0.05) is 13.0 Å². The van der Waals surface area contributed by atoms with Gasteiger partial charge < -0.3 is 14.9 Å². The van der Waals surface area contributed by atoms with Crippen LogP contribution in [0.5, 0.6) is 5.75 Å². The van der Waals surface area contributed by atoms with Crippen molar-refractivity contribution >= 4 is 5.65 Å². The molecule has 0 bridgehead atoms. The monoisotopic (exact) mass is 295 g/mol. The molecule has 0 saturated heterocycles. The third-order valence-electron chi connectivity index (χ3n) is 3.79. The van der Waals surface area contributed by atoms with Crippen molar-refractivity contribution in [3.8, 4) is 17.0 Å². The number of imidazole rings is 1. The minimum atomic E-state index is 0.490. The van der Waals surface area contributed by atoms with Crippen LogP contribution in [0.3, 0.4) is 0 Å². The number of aromatic nitrogens is 2. The summed E-state index contributed by atoms with van der Waals surface area (Å²) in [6, 6.07) is 12.1. The van der Waals surface area contributed by atoms with Gasteiger partial charge in [0.2, 0.25) is 0 Å². The van der Waals surface area contributed by atoms with E-state index >= 15 is 0 Å². The molecule has 114 valence electrons. The molecule has 1 aromatic carbocycles. The zero-order valence-corrected chi connectivity index (χ0v) is 13.0. The molecule has 0 fully saturated rings. The van der Waals surface area contributed by atoms with Crippen LogP contribution in [0.15, 0.2) is 42.6 Å². The average molecular weight is 295 g/mol. The molecule has 0 radical (unpaired) electrons. The first kappa shape index (κ1) is 14.6. The Balaban J connectivity index is 2.01. The lowest BCUT2D eigenvalue weighted by molar-refractivity contribution is 0.317. The molecule has 3 rings (SSSR count). The van der Waals surface area contributed by atoms with Gasteiger partial charge in [0.1, 0.15) is 11.4 Å². The van der Waals surface area contributed by atoms with Gasteiger partial charge in [0.15, 0.2) is 0 Å². The highest BCUT2D eigenvalue weighted by molar-refractivity contribution is 5.68. The van der Waals surface area contributed by atoms with E-state index in [2.05, 4.69) is 30.4 Å². The topological polar surface area (TPSA) is 52.5 Å². The van der Waals surface area contributed by atoms with E-state index in [0.717, 1.165) is 46.9 Å². The number of hydrogen-bond acceptors (Lipinski definition) is 3. The summed E-state index contributed by atoms with van der Waals surface area (Å²) < 4.78 is 7.73. The lowest BCUT2D eigenvalue weighted by Gasteiger charge is -2.05. The van der Waals surface area contributed by atoms with Gasteiger partial charge >= 0.3 is 0 Å². The number of pyridine rings is 1. The van der Waals surface area contributed by atoms with Crippen molar-refractivity contribution in [1.82, 2.24) is 9.38 Å². The molecule has 2 N–H and O–H groups in total. The highest BCUT2D eigenvalue weighted by atomic mass is 16.5. The van der Waals surface area contributed by atoms with Gasteiger partial charge in [-0.25, -0.2) is 4.98 Å². The zero-order chi connectivity index (χ0) is 15.5. The van der Waals surface area contributed by atoms with Crippen LogP contribution in [-0.4, -0.2) is 16.0 Å². The number of rotatable bonds is 5. The summed E-state index contributed by atoms with van der Waals surface area (Å²) in [6.07, 6.45) is 3.04. The Morgan fingerprint density at radius 2 is 1.95 bits per heavy atom. The molecule has 2 heterocycles. The van der Waals surface area contributed by atoms with Gasteiger partial charge in [0.25, 0.3) is 0 Å². The van der Waals surface area contributed by atoms with E-state index in [1.165, 1.54) is 0 Å². The van der Waals surface area contributed by atoms with Gasteiger partial charge in [-0.3, -0.25) is 0 Å². The maximum Gasteiger partial charge on any atom is 0.142 e. The predicted molar refractivity (Wildman–Crippen MR) is 89.0 cm³/mol. The lowest BCUT2D eigenvalue weighted by Crippen LogP contribution is -1.99. The smallest absolute Gasteiger partial charge is 0.142 e. The van der Waals surface area contributed by atoms with Crippen molar-refractivity contribution in [2.45, 2.75) is 26.8 Å². The second kappa shape index (κ2) is 6.20. The fourth-order valence-corrected chi connectivity index (χ4v) is 2.60. The molecule has 4 heteroatoms. The molecule has 2 aromatic heterocycles. The molecular weight excluding hydrogens is 274 g/mol. The number of hydrogen-bond donors (Lipinski definition) is 1. The average Bonchev–Trinajstić information content (AvgIpc) is 2.90. The Morgan fingerprint density at radius 1 is 1.18 bits per heavy atom. The molecule has 0 amide bonds. The van der Waals surface area contributed by atoms with Crippen LogP contribution in [0, 0.1) is 6.92 Å². The molecule has 3 aromatic rings. The molecule has 4 nitrogen and oxygen atoms in total. The van der Waals surface area contributed by atoms with Crippen LogP contribution in [0.2, 0.25) is 0 Å². The van der Waals surface area contributed by atoms with Crippen molar-refractivity contribution in [2.75, 3.05) is 6.61 Å². The Morgan fingerprint density at radius 3 is 2.64 bits per heavy atom. The van der Waals surface area contributed by atoms with Crippen LogP contribution in [0.25, 0.3) is 16.9 Å². The van der Waals surface area contributed by atoms with E-state index in [1.807, 2.05) is 30.5 Å². The highest BCUT2D eigenvalue weighted by Gasteiger charge is 2.12. The quantitative estimate of drug-likeness (QED) is 0.783. The molecule has 0 aliphatic carbocycles. The van der Waals surface area contributed by atoms with E-state index in [9.17, 15) is 0 Å². The number of benzene rings is 1. The summed E-state index contributed by atoms with van der Waals surface area (Å²) >= 11 is 0. The SMILES string of the molecule is CCCOc1ccc(-c2nc3c(CN)cccn3c2C)cc1. The van der Waals surface area contributed by atoms with Gasteiger partial charge in [0.05, 0.1) is 12.3 Å². The zero-order valence-electron chi connectivity index (χ0n) is 13.0. The normalized spacial score (nSPS) is 11.0. The largest absolute Gasteiger partial charge is 0.494 e. The van der Waals surface area contributed by atoms with Crippen LogP contribution in [0.4, 0.5) is 0 Å². The van der Waals surface area contributed by atoms with Crippen molar-refractivity contribution in [3.63, 3.8) is 0 Å². The summed E-state index contributed by atoms with van der Waals surface area (Å²) in [5.41, 5.74) is 11.0. The fraction of sp³-hybridized carbons (Fsp3) is 0.278. The van der Waals surface area contributed by atoms with E-state index in [4.69, 9.17) is 15.5 Å². The second-order valence-corrected chi connectivity index (χ2v) is 5.35. The van der Waals surface area contributed by atoms with Gasteiger partial charge in [0, 0.05) is 29.6 Å². The summed E-state index contributed by atoms with van der Waals surface area (Å²) in [6.45, 7) is 5.41. The molecule has 0 unspecified atom stereocenters. The Kier molecular flexibility index (Phi) is 4.11. The highest BCUT2D eigenvalue weighted by Crippen LogP contribution is 2.26. The molecule has 0 saturated carbocycles. The number of nitrogens with two attached hydrogens (primary N) is 1. The lowest BCUT2D eigenvalue weighted by atomic mass is 10.1. The minimum absolute atomic E-state index is 0.490. The molecular formula is C18H21N3O. The van der Waals surface area contributed by atoms with Gasteiger partial charge in [-0.2, -0.15) is 0 Å². The Labute approximate surface area is 130 Å². The molecule has 0 aliphatic heterocycles. The number of aryl methyl sites for hydroxylation is 1. The van der Waals surface area contributed by atoms with Gasteiger partial charge in [-0.05, 0) is 43.7 Å². The third-order valence-corrected chi connectivity index (χ3v) is 3.79. The summed E-state index contributed by atoms with van der Waals surface area (Å²) in [5.74, 6) is 0.898. The van der Waals surface area contributed by atoms with E-state index < -0.39 is 0 Å². The van der Waals surface area contributed by atoms with E-state index in [-0.39, 0.29) is 0 Å². The van der Waals surface area contributed by atoms with E-state index in [1.54, 1.807) is 0 Å². The summed E-state index contributed by atoms with van der Waals surface area (Å²) in [7, 11) is 0. The van der Waals surface area contributed by atoms with Crippen LogP contribution < -0.4 is 10.5 Å². The van der Waals surface area contributed by atoms with Crippen molar-refractivity contribution in [2.24, 2.45) is 5.73 Å². The standard InChI is InChI=1S/C18H21N3O/c1-3-11-22-16-8-6-14(7-9-16)17-13(2)21-10-4-5-15(12-19)18(21)20-17/h4-10H,3,11-12,19H2,1-2H3. The predicted octanol–water partition coefficient (Wildman–Crippen LogP) is 3.56. The molecule has 0 atom stereocenters. The Hall–Kier alpha value is -2.33. The van der Waals surface area contributed by atoms with Crippen molar-refractivity contribution < 1.29 is 4.74 Å². The van der Waals surface area contributed by atoms with Crippen LogP contribution >= 0.6 is 0 Å². The maximum absolute atomic E-state index is 5.81. The summed E-state index contributed by atoms with van der Waals surface area (Å²) in [4.78, 5) is 4.79. The second-order valence-electron chi connectivity index (χ2n) is 5.35. The minimum Gasteiger partial charge on any atom is -0.494 e. The number of fused-ring (bicyclic) bond motifs is 1. The number of nitrogens with zero attached hydrogens (tertiary/aromatic N) is 2. The van der Waals surface area contributed by atoms with Gasteiger partial charge in [-0.15, -0.1) is 0 Å². The van der Waals surface area contributed by atoms with Crippen molar-refractivity contribution in [1.29, 1.82) is 0 Å². The summed E-state index contributed by atoms with van der Waals surface area (Å²) in [5, 5.41) is 0. The maximum atomic E-state index is 5.81.